The Kier molecular flexibility index (Phi) is 4.39. The van der Waals surface area contributed by atoms with Gasteiger partial charge in [0.1, 0.15) is 0 Å². The molecule has 0 saturated heterocycles. The van der Waals surface area contributed by atoms with E-state index in [4.69, 9.17) is 0 Å². The topological polar surface area (TPSA) is 48.7 Å². The normalized spacial score (nSPS) is 21.3. The van der Waals surface area contributed by atoms with E-state index in [1.807, 2.05) is 18.3 Å². The molecule has 0 radical (unpaired) electrons. The van der Waals surface area contributed by atoms with E-state index in [2.05, 4.69) is 40.6 Å². The minimum atomic E-state index is 0. The molecule has 2 aliphatic rings. The van der Waals surface area contributed by atoms with E-state index in [1.165, 1.54) is 23.2 Å². The number of pyridine rings is 1. The average Bonchev–Trinajstić information content (AvgIpc) is 2.55. The van der Waals surface area contributed by atoms with Crippen molar-refractivity contribution in [1.29, 1.82) is 5.26 Å². The van der Waals surface area contributed by atoms with Gasteiger partial charge in [0, 0.05) is 23.3 Å². The molecule has 1 unspecified atom stereocenters. The SMILES string of the molecule is Cl.N#Cc1ccc2c(c1)C(C1(c3ccccn3)CCC1)NCC2. The number of halogens is 1. The van der Waals surface area contributed by atoms with Gasteiger partial charge in [-0.3, -0.25) is 4.98 Å². The standard InChI is InChI=1S/C19H19N3.ClH/c20-13-14-5-6-15-7-11-22-18(16(15)12-14)19(8-3-9-19)17-4-1-2-10-21-17;/h1-2,4-6,10,12,18,22H,3,7-9,11H2;1H. The Balaban J connectivity index is 0.00000156. The third-order valence-corrected chi connectivity index (χ3v) is 5.30. The zero-order chi connectivity index (χ0) is 15.0. The summed E-state index contributed by atoms with van der Waals surface area (Å²) >= 11 is 0. The zero-order valence-electron chi connectivity index (χ0n) is 13.0. The first-order valence-corrected chi connectivity index (χ1v) is 8.01. The van der Waals surface area contributed by atoms with Gasteiger partial charge in [0.2, 0.25) is 0 Å². The maximum atomic E-state index is 9.23. The first-order valence-electron chi connectivity index (χ1n) is 8.01. The van der Waals surface area contributed by atoms with Gasteiger partial charge in [0.25, 0.3) is 0 Å². The lowest BCUT2D eigenvalue weighted by atomic mass is 9.59. The second-order valence-corrected chi connectivity index (χ2v) is 6.39. The number of nitrogens with one attached hydrogen (secondary N) is 1. The highest BCUT2D eigenvalue weighted by Gasteiger charge is 2.48. The van der Waals surface area contributed by atoms with Gasteiger partial charge in [0.05, 0.1) is 11.6 Å². The molecule has 1 N–H and O–H groups in total. The molecule has 1 atom stereocenters. The van der Waals surface area contributed by atoms with E-state index in [-0.39, 0.29) is 23.9 Å². The average molecular weight is 326 g/mol. The quantitative estimate of drug-likeness (QED) is 0.916. The largest absolute Gasteiger partial charge is 0.309 e. The highest BCUT2D eigenvalue weighted by molar-refractivity contribution is 5.85. The van der Waals surface area contributed by atoms with Gasteiger partial charge < -0.3 is 5.32 Å². The molecule has 0 bridgehead atoms. The number of hydrogen-bond acceptors (Lipinski definition) is 3. The van der Waals surface area contributed by atoms with Gasteiger partial charge >= 0.3 is 0 Å². The van der Waals surface area contributed by atoms with Crippen LogP contribution in [0.1, 0.15) is 47.7 Å². The van der Waals surface area contributed by atoms with Crippen LogP contribution in [0.4, 0.5) is 0 Å². The number of fused-ring (bicyclic) bond motifs is 1. The molecular weight excluding hydrogens is 306 g/mol. The second kappa shape index (κ2) is 6.31. The fourth-order valence-corrected chi connectivity index (χ4v) is 4.02. The van der Waals surface area contributed by atoms with Crippen LogP contribution in [0.15, 0.2) is 42.6 Å². The first kappa shape index (κ1) is 16.0. The number of nitrogens with zero attached hydrogens (tertiary/aromatic N) is 2. The molecule has 1 aromatic carbocycles. The van der Waals surface area contributed by atoms with Crippen LogP contribution in [0, 0.1) is 11.3 Å². The van der Waals surface area contributed by atoms with Crippen LogP contribution in [0.25, 0.3) is 0 Å². The van der Waals surface area contributed by atoms with E-state index in [0.717, 1.165) is 31.4 Å². The number of hydrogen-bond donors (Lipinski definition) is 1. The summed E-state index contributed by atoms with van der Waals surface area (Å²) in [6.45, 7) is 0.998. The lowest BCUT2D eigenvalue weighted by molar-refractivity contribution is 0.159. The fraction of sp³-hybridized carbons (Fsp3) is 0.368. The van der Waals surface area contributed by atoms with Crippen molar-refractivity contribution in [2.45, 2.75) is 37.1 Å². The highest BCUT2D eigenvalue weighted by atomic mass is 35.5. The third kappa shape index (κ3) is 2.52. The maximum Gasteiger partial charge on any atom is 0.0991 e. The Morgan fingerprint density at radius 2 is 2.09 bits per heavy atom. The van der Waals surface area contributed by atoms with E-state index in [0.29, 0.717) is 0 Å². The molecule has 3 nitrogen and oxygen atoms in total. The smallest absolute Gasteiger partial charge is 0.0991 e. The Hall–Kier alpha value is -1.89. The summed E-state index contributed by atoms with van der Waals surface area (Å²) in [6, 6.07) is 14.9. The molecule has 23 heavy (non-hydrogen) atoms. The molecule has 1 fully saturated rings. The van der Waals surface area contributed by atoms with Crippen molar-refractivity contribution in [2.75, 3.05) is 6.54 Å². The number of nitriles is 1. The van der Waals surface area contributed by atoms with Crippen molar-refractivity contribution in [1.82, 2.24) is 10.3 Å². The molecule has 1 aromatic heterocycles. The van der Waals surface area contributed by atoms with Crippen molar-refractivity contribution >= 4 is 12.4 Å². The van der Waals surface area contributed by atoms with Crippen molar-refractivity contribution in [3.05, 3.63) is 65.0 Å². The van der Waals surface area contributed by atoms with Gasteiger partial charge in [-0.25, -0.2) is 0 Å². The maximum absolute atomic E-state index is 9.23. The van der Waals surface area contributed by atoms with Gasteiger partial charge in [-0.05, 0) is 61.2 Å². The molecule has 2 heterocycles. The molecule has 0 amide bonds. The van der Waals surface area contributed by atoms with Gasteiger partial charge in [-0.1, -0.05) is 18.6 Å². The first-order chi connectivity index (χ1) is 10.8. The van der Waals surface area contributed by atoms with Gasteiger partial charge in [0.15, 0.2) is 0 Å². The minimum Gasteiger partial charge on any atom is -0.309 e. The van der Waals surface area contributed by atoms with E-state index in [1.54, 1.807) is 0 Å². The molecular formula is C19H20ClN3. The summed E-state index contributed by atoms with van der Waals surface area (Å²) in [5.41, 5.74) is 4.71. The molecule has 1 saturated carbocycles. The zero-order valence-corrected chi connectivity index (χ0v) is 13.8. The summed E-state index contributed by atoms with van der Waals surface area (Å²) in [7, 11) is 0. The predicted octanol–water partition coefficient (Wildman–Crippen LogP) is 3.68. The van der Waals surface area contributed by atoms with Crippen LogP contribution in [0.2, 0.25) is 0 Å². The number of benzene rings is 1. The lowest BCUT2D eigenvalue weighted by Gasteiger charge is -2.49. The highest BCUT2D eigenvalue weighted by Crippen LogP contribution is 2.52. The summed E-state index contributed by atoms with van der Waals surface area (Å²) in [5, 5.41) is 13.0. The van der Waals surface area contributed by atoms with Crippen LogP contribution in [-0.4, -0.2) is 11.5 Å². The number of rotatable bonds is 2. The lowest BCUT2D eigenvalue weighted by Crippen LogP contribution is -2.49. The second-order valence-electron chi connectivity index (χ2n) is 6.39. The van der Waals surface area contributed by atoms with E-state index < -0.39 is 0 Å². The van der Waals surface area contributed by atoms with Crippen molar-refractivity contribution in [3.63, 3.8) is 0 Å². The summed E-state index contributed by atoms with van der Waals surface area (Å²) < 4.78 is 0. The van der Waals surface area contributed by atoms with Crippen molar-refractivity contribution < 1.29 is 0 Å². The summed E-state index contributed by atoms with van der Waals surface area (Å²) in [5.74, 6) is 0. The van der Waals surface area contributed by atoms with Crippen LogP contribution in [0.3, 0.4) is 0 Å². The van der Waals surface area contributed by atoms with Gasteiger partial charge in [-0.2, -0.15) is 5.26 Å². The van der Waals surface area contributed by atoms with Gasteiger partial charge in [-0.15, -0.1) is 12.4 Å². The fourth-order valence-electron chi connectivity index (χ4n) is 4.02. The minimum absolute atomic E-state index is 0. The summed E-state index contributed by atoms with van der Waals surface area (Å²) in [6.07, 6.45) is 6.51. The molecule has 118 valence electrons. The third-order valence-electron chi connectivity index (χ3n) is 5.30. The summed E-state index contributed by atoms with van der Waals surface area (Å²) in [4.78, 5) is 4.66. The molecule has 4 heteroatoms. The molecule has 1 aliphatic heterocycles. The van der Waals surface area contributed by atoms with Crippen LogP contribution in [-0.2, 0) is 11.8 Å². The van der Waals surface area contributed by atoms with E-state index in [9.17, 15) is 5.26 Å². The van der Waals surface area contributed by atoms with E-state index >= 15 is 0 Å². The predicted molar refractivity (Wildman–Crippen MR) is 92.6 cm³/mol. The Morgan fingerprint density at radius 1 is 1.22 bits per heavy atom. The van der Waals surface area contributed by atoms with Crippen molar-refractivity contribution in [3.8, 4) is 6.07 Å². The molecule has 0 spiro atoms. The number of aromatic nitrogens is 1. The van der Waals surface area contributed by atoms with Crippen molar-refractivity contribution in [2.24, 2.45) is 0 Å². The Bertz CT molecular complexity index is 732. The molecule has 4 rings (SSSR count). The van der Waals surface area contributed by atoms with Crippen LogP contribution < -0.4 is 5.32 Å². The Morgan fingerprint density at radius 3 is 2.74 bits per heavy atom. The monoisotopic (exact) mass is 325 g/mol. The Labute approximate surface area is 143 Å². The van der Waals surface area contributed by atoms with Crippen LogP contribution in [0.5, 0.6) is 0 Å². The molecule has 2 aromatic rings. The molecule has 1 aliphatic carbocycles. The van der Waals surface area contributed by atoms with Crippen LogP contribution >= 0.6 is 12.4 Å².